The molecule has 92 valence electrons. The van der Waals surface area contributed by atoms with E-state index in [2.05, 4.69) is 19.1 Å². The highest BCUT2D eigenvalue weighted by Crippen LogP contribution is 2.23. The average Bonchev–Trinajstić information content (AvgIpc) is 2.38. The lowest BCUT2D eigenvalue weighted by atomic mass is 9.98. The molecule has 0 fully saturated rings. The van der Waals surface area contributed by atoms with Gasteiger partial charge in [-0.2, -0.15) is 0 Å². The van der Waals surface area contributed by atoms with Crippen molar-refractivity contribution in [2.24, 2.45) is 0 Å². The van der Waals surface area contributed by atoms with Crippen LogP contribution in [-0.2, 0) is 6.42 Å². The van der Waals surface area contributed by atoms with Gasteiger partial charge in [0.2, 0.25) is 0 Å². The number of carboxylic acid groups (broad SMARTS) is 1. The minimum atomic E-state index is -0.883. The van der Waals surface area contributed by atoms with Crippen molar-refractivity contribution >= 4 is 5.97 Å². The van der Waals surface area contributed by atoms with Crippen LogP contribution in [0, 0.1) is 6.92 Å². The van der Waals surface area contributed by atoms with Gasteiger partial charge < -0.3 is 5.11 Å². The van der Waals surface area contributed by atoms with Crippen molar-refractivity contribution in [1.29, 1.82) is 0 Å². The molecule has 2 aromatic carbocycles. The Morgan fingerprint density at radius 1 is 1.11 bits per heavy atom. The average molecular weight is 240 g/mol. The lowest BCUT2D eigenvalue weighted by Gasteiger charge is -2.07. The van der Waals surface area contributed by atoms with Crippen LogP contribution in [0.4, 0.5) is 0 Å². The van der Waals surface area contributed by atoms with Gasteiger partial charge in [0.1, 0.15) is 0 Å². The quantitative estimate of drug-likeness (QED) is 0.882. The molecule has 0 saturated heterocycles. The van der Waals surface area contributed by atoms with Gasteiger partial charge in [-0.25, -0.2) is 4.79 Å². The maximum Gasteiger partial charge on any atom is 0.335 e. The molecule has 0 aliphatic carbocycles. The van der Waals surface area contributed by atoms with E-state index >= 15 is 0 Å². The Labute approximate surface area is 107 Å². The second-order valence-corrected chi connectivity index (χ2v) is 4.45. The summed E-state index contributed by atoms with van der Waals surface area (Å²) in [5.41, 5.74) is 4.59. The summed E-state index contributed by atoms with van der Waals surface area (Å²) >= 11 is 0. The molecule has 0 saturated carbocycles. The maximum atomic E-state index is 11.1. The monoisotopic (exact) mass is 240 g/mol. The molecule has 0 bridgehead atoms. The maximum absolute atomic E-state index is 11.1. The minimum Gasteiger partial charge on any atom is -0.478 e. The molecule has 1 N–H and O–H groups in total. The largest absolute Gasteiger partial charge is 0.478 e. The number of carboxylic acids is 1. The molecular weight excluding hydrogens is 224 g/mol. The van der Waals surface area contributed by atoms with Crippen LogP contribution in [-0.4, -0.2) is 11.1 Å². The summed E-state index contributed by atoms with van der Waals surface area (Å²) in [6, 6.07) is 13.6. The topological polar surface area (TPSA) is 37.3 Å². The number of hydrogen-bond donors (Lipinski definition) is 1. The van der Waals surface area contributed by atoms with Crippen molar-refractivity contribution < 1.29 is 9.90 Å². The number of hydrogen-bond acceptors (Lipinski definition) is 1. The first-order valence-corrected chi connectivity index (χ1v) is 6.04. The summed E-state index contributed by atoms with van der Waals surface area (Å²) < 4.78 is 0. The number of aryl methyl sites for hydroxylation is 2. The highest BCUT2D eigenvalue weighted by molar-refractivity contribution is 5.89. The first-order chi connectivity index (χ1) is 8.60. The molecule has 2 aromatic rings. The molecule has 18 heavy (non-hydrogen) atoms. The number of carbonyl (C=O) groups is 1. The zero-order valence-corrected chi connectivity index (χ0v) is 10.6. The third-order valence-electron chi connectivity index (χ3n) is 2.99. The van der Waals surface area contributed by atoms with E-state index < -0.39 is 5.97 Å². The smallest absolute Gasteiger partial charge is 0.335 e. The summed E-state index contributed by atoms with van der Waals surface area (Å²) in [6.45, 7) is 4.03. The van der Waals surface area contributed by atoms with Gasteiger partial charge in [-0.15, -0.1) is 0 Å². The third-order valence-corrected chi connectivity index (χ3v) is 2.99. The van der Waals surface area contributed by atoms with Crippen LogP contribution in [0.25, 0.3) is 11.1 Å². The molecule has 0 unspecified atom stereocenters. The molecule has 0 heterocycles. The van der Waals surface area contributed by atoms with Crippen LogP contribution in [0.5, 0.6) is 0 Å². The minimum absolute atomic E-state index is 0.340. The van der Waals surface area contributed by atoms with Crippen molar-refractivity contribution in [3.05, 3.63) is 59.2 Å². The Bertz CT molecular complexity index is 585. The SMILES string of the molecule is CCc1cccc(-c2cc(C)cc(C(=O)O)c2)c1. The van der Waals surface area contributed by atoms with Crippen LogP contribution in [0.15, 0.2) is 42.5 Å². The Morgan fingerprint density at radius 2 is 1.89 bits per heavy atom. The summed E-state index contributed by atoms with van der Waals surface area (Å²) in [7, 11) is 0. The standard InChI is InChI=1S/C16H16O2/c1-3-12-5-4-6-13(9-12)14-7-11(2)8-15(10-14)16(17)18/h4-10H,3H2,1-2H3,(H,17,18). The number of aromatic carboxylic acids is 1. The normalized spacial score (nSPS) is 10.3. The Kier molecular flexibility index (Phi) is 3.47. The van der Waals surface area contributed by atoms with E-state index in [4.69, 9.17) is 5.11 Å². The van der Waals surface area contributed by atoms with Gasteiger partial charge in [-0.1, -0.05) is 37.3 Å². The van der Waals surface area contributed by atoms with E-state index in [0.29, 0.717) is 5.56 Å². The van der Waals surface area contributed by atoms with Crippen LogP contribution in [0.2, 0.25) is 0 Å². The van der Waals surface area contributed by atoms with Crippen LogP contribution in [0.1, 0.15) is 28.4 Å². The first kappa shape index (κ1) is 12.4. The number of benzene rings is 2. The van der Waals surface area contributed by atoms with E-state index in [9.17, 15) is 4.79 Å². The zero-order chi connectivity index (χ0) is 13.1. The van der Waals surface area contributed by atoms with Crippen LogP contribution < -0.4 is 0 Å². The molecule has 0 spiro atoms. The first-order valence-electron chi connectivity index (χ1n) is 6.04. The van der Waals surface area contributed by atoms with E-state index in [0.717, 1.165) is 23.1 Å². The molecule has 2 nitrogen and oxygen atoms in total. The lowest BCUT2D eigenvalue weighted by Crippen LogP contribution is -1.97. The van der Waals surface area contributed by atoms with Gasteiger partial charge in [-0.05, 0) is 47.7 Å². The van der Waals surface area contributed by atoms with Crippen molar-refractivity contribution in [1.82, 2.24) is 0 Å². The highest BCUT2D eigenvalue weighted by Gasteiger charge is 2.07. The van der Waals surface area contributed by atoms with Crippen molar-refractivity contribution in [2.45, 2.75) is 20.3 Å². The molecule has 2 heteroatoms. The Hall–Kier alpha value is -2.09. The molecule has 2 rings (SSSR count). The fraction of sp³-hybridized carbons (Fsp3) is 0.188. The lowest BCUT2D eigenvalue weighted by molar-refractivity contribution is 0.0697. The molecular formula is C16H16O2. The summed E-state index contributed by atoms with van der Waals surface area (Å²) in [5, 5.41) is 9.08. The molecule has 0 amide bonds. The summed E-state index contributed by atoms with van der Waals surface area (Å²) in [5.74, 6) is -0.883. The molecule has 0 atom stereocenters. The molecule has 0 aliphatic heterocycles. The van der Waals surface area contributed by atoms with Crippen molar-refractivity contribution in [2.75, 3.05) is 0 Å². The molecule has 0 aliphatic rings. The molecule has 0 aromatic heterocycles. The van der Waals surface area contributed by atoms with E-state index in [-0.39, 0.29) is 0 Å². The second-order valence-electron chi connectivity index (χ2n) is 4.45. The Balaban J connectivity index is 2.52. The summed E-state index contributed by atoms with van der Waals surface area (Å²) in [6.07, 6.45) is 0.978. The van der Waals surface area contributed by atoms with E-state index in [1.807, 2.05) is 25.1 Å². The van der Waals surface area contributed by atoms with Gasteiger partial charge in [0.25, 0.3) is 0 Å². The third kappa shape index (κ3) is 2.59. The predicted octanol–water partition coefficient (Wildman–Crippen LogP) is 3.92. The van der Waals surface area contributed by atoms with Crippen molar-refractivity contribution in [3.8, 4) is 11.1 Å². The summed E-state index contributed by atoms with van der Waals surface area (Å²) in [4.78, 5) is 11.1. The fourth-order valence-electron chi connectivity index (χ4n) is 2.04. The zero-order valence-electron chi connectivity index (χ0n) is 10.6. The predicted molar refractivity (Wildman–Crippen MR) is 73.0 cm³/mol. The molecule has 0 radical (unpaired) electrons. The second kappa shape index (κ2) is 5.05. The van der Waals surface area contributed by atoms with Crippen LogP contribution in [0.3, 0.4) is 0 Å². The van der Waals surface area contributed by atoms with Crippen molar-refractivity contribution in [3.63, 3.8) is 0 Å². The number of rotatable bonds is 3. The highest BCUT2D eigenvalue weighted by atomic mass is 16.4. The fourth-order valence-corrected chi connectivity index (χ4v) is 2.04. The van der Waals surface area contributed by atoms with Gasteiger partial charge >= 0.3 is 5.97 Å². The van der Waals surface area contributed by atoms with E-state index in [1.54, 1.807) is 12.1 Å². The van der Waals surface area contributed by atoms with Gasteiger partial charge in [0.05, 0.1) is 5.56 Å². The van der Waals surface area contributed by atoms with E-state index in [1.165, 1.54) is 5.56 Å². The van der Waals surface area contributed by atoms with Crippen LogP contribution >= 0.6 is 0 Å². The van der Waals surface area contributed by atoms with Gasteiger partial charge in [0, 0.05) is 0 Å². The van der Waals surface area contributed by atoms with Gasteiger partial charge in [-0.3, -0.25) is 0 Å². The Morgan fingerprint density at radius 3 is 2.56 bits per heavy atom. The van der Waals surface area contributed by atoms with Gasteiger partial charge in [0.15, 0.2) is 0 Å².